The summed E-state index contributed by atoms with van der Waals surface area (Å²) in [5.74, 6) is -0.204. The topological polar surface area (TPSA) is 90.7 Å². The van der Waals surface area contributed by atoms with E-state index in [1.807, 2.05) is 29.2 Å². The number of amides is 1. The first kappa shape index (κ1) is 22.8. The van der Waals surface area contributed by atoms with Crippen molar-refractivity contribution in [1.82, 2.24) is 9.88 Å². The van der Waals surface area contributed by atoms with E-state index in [-0.39, 0.29) is 17.6 Å². The zero-order valence-electron chi connectivity index (χ0n) is 17.1. The minimum atomic E-state index is -1.02. The number of aliphatic hydroxyl groups excluding tert-OH is 1. The number of carboxylic acids is 1. The maximum Gasteiger partial charge on any atom is 0.355 e. The summed E-state index contributed by atoms with van der Waals surface area (Å²) >= 11 is 2.79. The van der Waals surface area contributed by atoms with Crippen LogP contribution in [0.5, 0.6) is 0 Å². The van der Waals surface area contributed by atoms with Gasteiger partial charge < -0.3 is 15.1 Å². The predicted molar refractivity (Wildman–Crippen MR) is 119 cm³/mol. The van der Waals surface area contributed by atoms with Crippen LogP contribution >= 0.6 is 23.1 Å². The summed E-state index contributed by atoms with van der Waals surface area (Å²) in [5.41, 5.74) is 2.09. The number of carboxylic acid groups (broad SMARTS) is 1. The van der Waals surface area contributed by atoms with Crippen LogP contribution in [-0.2, 0) is 4.79 Å². The number of nitrogens with zero attached hydrogens (tertiary/aromatic N) is 2. The number of aliphatic hydroxyl groups is 1. The van der Waals surface area contributed by atoms with E-state index < -0.39 is 12.1 Å². The van der Waals surface area contributed by atoms with Gasteiger partial charge in [-0.2, -0.15) is 0 Å². The van der Waals surface area contributed by atoms with Crippen LogP contribution in [0.3, 0.4) is 0 Å². The van der Waals surface area contributed by atoms with Gasteiger partial charge in [0.25, 0.3) is 0 Å². The average Bonchev–Trinajstić information content (AvgIpc) is 3.36. The predicted octanol–water partition coefficient (Wildman–Crippen LogP) is 4.91. The number of unbranched alkanes of at least 4 members (excludes halogenated alkanes) is 2. The Hall–Kier alpha value is -1.90. The molecule has 30 heavy (non-hydrogen) atoms. The molecule has 0 radical (unpaired) electrons. The Morgan fingerprint density at radius 1 is 1.33 bits per heavy atom. The van der Waals surface area contributed by atoms with E-state index in [1.165, 1.54) is 28.5 Å². The quantitative estimate of drug-likeness (QED) is 0.375. The Balaban J connectivity index is 1.56. The smallest absolute Gasteiger partial charge is 0.355 e. The number of carbonyl (C=O) groups is 2. The maximum atomic E-state index is 12.4. The molecule has 8 heteroatoms. The zero-order valence-corrected chi connectivity index (χ0v) is 18.8. The molecule has 6 nitrogen and oxygen atoms in total. The molecule has 2 aromatic rings. The fourth-order valence-corrected chi connectivity index (χ4v) is 5.52. The van der Waals surface area contributed by atoms with Crippen LogP contribution in [0.2, 0.25) is 0 Å². The number of hydrogen-bond donors (Lipinski definition) is 2. The molecule has 2 N–H and O–H groups in total. The zero-order chi connectivity index (χ0) is 21.5. The van der Waals surface area contributed by atoms with Gasteiger partial charge >= 0.3 is 5.97 Å². The lowest BCUT2D eigenvalue weighted by Gasteiger charge is -2.25. The molecule has 0 saturated carbocycles. The standard InChI is InChI=1S/C22H28N2O4S2/c1-2-3-4-5-19(25)16-8-6-15(7-9-16)18-10-11-20(26)24(18)12-13-29-22-23-17(14-30-22)21(27)28/h6-9,14,18-19,25H,2-5,10-13H2,1H3,(H,27,28). The van der Waals surface area contributed by atoms with Gasteiger partial charge in [-0.1, -0.05) is 62.2 Å². The van der Waals surface area contributed by atoms with E-state index in [0.717, 1.165) is 43.2 Å². The lowest BCUT2D eigenvalue weighted by molar-refractivity contribution is -0.128. The van der Waals surface area contributed by atoms with Gasteiger partial charge in [0.05, 0.1) is 12.1 Å². The van der Waals surface area contributed by atoms with E-state index in [1.54, 1.807) is 0 Å². The van der Waals surface area contributed by atoms with Crippen molar-refractivity contribution in [2.75, 3.05) is 12.3 Å². The molecule has 162 valence electrons. The lowest BCUT2D eigenvalue weighted by atomic mass is 9.98. The van der Waals surface area contributed by atoms with E-state index in [2.05, 4.69) is 11.9 Å². The molecule has 1 aliphatic heterocycles. The molecule has 2 unspecified atom stereocenters. The van der Waals surface area contributed by atoms with Crippen LogP contribution in [0.15, 0.2) is 34.0 Å². The first-order chi connectivity index (χ1) is 14.5. The number of aromatic nitrogens is 1. The average molecular weight is 449 g/mol. The molecule has 1 aliphatic rings. The van der Waals surface area contributed by atoms with Crippen molar-refractivity contribution in [2.24, 2.45) is 0 Å². The van der Waals surface area contributed by atoms with Crippen molar-refractivity contribution in [3.05, 3.63) is 46.5 Å². The van der Waals surface area contributed by atoms with Gasteiger partial charge in [-0.05, 0) is 24.0 Å². The minimum absolute atomic E-state index is 0.0512. The summed E-state index contributed by atoms with van der Waals surface area (Å²) in [6.07, 6.45) is 4.97. The Labute approximate surface area is 185 Å². The number of carbonyl (C=O) groups excluding carboxylic acids is 1. The van der Waals surface area contributed by atoms with E-state index in [4.69, 9.17) is 5.11 Å². The second kappa shape index (κ2) is 10.9. The van der Waals surface area contributed by atoms with Crippen molar-refractivity contribution < 1.29 is 19.8 Å². The maximum absolute atomic E-state index is 12.4. The molecule has 2 atom stereocenters. The molecule has 0 aliphatic carbocycles. The monoisotopic (exact) mass is 448 g/mol. The van der Waals surface area contributed by atoms with Gasteiger partial charge in [-0.25, -0.2) is 9.78 Å². The molecule has 1 saturated heterocycles. The highest BCUT2D eigenvalue weighted by Gasteiger charge is 2.31. The van der Waals surface area contributed by atoms with Gasteiger partial charge in [0.15, 0.2) is 10.0 Å². The van der Waals surface area contributed by atoms with Gasteiger partial charge in [-0.3, -0.25) is 4.79 Å². The van der Waals surface area contributed by atoms with Crippen LogP contribution in [0.1, 0.15) is 79.2 Å². The van der Waals surface area contributed by atoms with Gasteiger partial charge in [0, 0.05) is 24.1 Å². The molecule has 1 amide bonds. The number of hydrogen-bond acceptors (Lipinski definition) is 6. The fourth-order valence-electron chi connectivity index (χ4n) is 3.71. The molecule has 0 spiro atoms. The Morgan fingerprint density at radius 2 is 2.10 bits per heavy atom. The SMILES string of the molecule is CCCCCC(O)c1ccc(C2CCC(=O)N2CCSc2nc(C(=O)O)cs2)cc1. The molecule has 3 rings (SSSR count). The summed E-state index contributed by atoms with van der Waals surface area (Å²) in [7, 11) is 0. The number of likely N-dealkylation sites (tertiary alicyclic amines) is 1. The third kappa shape index (κ3) is 5.83. The number of thioether (sulfide) groups is 1. The Bertz CT molecular complexity index is 853. The molecule has 1 fully saturated rings. The number of benzene rings is 1. The molecule has 1 aromatic carbocycles. The molecular formula is C22H28N2O4S2. The van der Waals surface area contributed by atoms with Crippen LogP contribution < -0.4 is 0 Å². The summed E-state index contributed by atoms with van der Waals surface area (Å²) in [6.45, 7) is 2.75. The van der Waals surface area contributed by atoms with E-state index >= 15 is 0 Å². The highest BCUT2D eigenvalue weighted by molar-refractivity contribution is 8.01. The first-order valence-electron chi connectivity index (χ1n) is 10.4. The normalized spacial score (nSPS) is 17.5. The summed E-state index contributed by atoms with van der Waals surface area (Å²) in [5, 5.41) is 20.8. The Kier molecular flexibility index (Phi) is 8.30. The van der Waals surface area contributed by atoms with Crippen LogP contribution in [0, 0.1) is 0 Å². The number of thiazole rings is 1. The van der Waals surface area contributed by atoms with Crippen LogP contribution in [-0.4, -0.2) is 44.3 Å². The highest BCUT2D eigenvalue weighted by Crippen LogP contribution is 2.34. The van der Waals surface area contributed by atoms with Crippen LogP contribution in [0.4, 0.5) is 0 Å². The third-order valence-corrected chi connectivity index (χ3v) is 7.38. The van der Waals surface area contributed by atoms with Crippen molar-refractivity contribution in [2.45, 2.75) is 61.9 Å². The number of rotatable bonds is 11. The van der Waals surface area contributed by atoms with Crippen LogP contribution in [0.25, 0.3) is 0 Å². The fraction of sp³-hybridized carbons (Fsp3) is 0.500. The third-order valence-electron chi connectivity index (χ3n) is 5.38. The molecule has 0 bridgehead atoms. The number of aromatic carboxylic acids is 1. The van der Waals surface area contributed by atoms with Crippen molar-refractivity contribution in [1.29, 1.82) is 0 Å². The molecule has 2 heterocycles. The summed E-state index contributed by atoms with van der Waals surface area (Å²) in [6, 6.07) is 8.06. The van der Waals surface area contributed by atoms with Crippen molar-refractivity contribution >= 4 is 35.0 Å². The minimum Gasteiger partial charge on any atom is -0.476 e. The van der Waals surface area contributed by atoms with E-state index in [0.29, 0.717) is 23.1 Å². The van der Waals surface area contributed by atoms with E-state index in [9.17, 15) is 14.7 Å². The second-order valence-electron chi connectivity index (χ2n) is 7.47. The lowest BCUT2D eigenvalue weighted by Crippen LogP contribution is -2.29. The largest absolute Gasteiger partial charge is 0.476 e. The van der Waals surface area contributed by atoms with Gasteiger partial charge in [0.1, 0.15) is 0 Å². The summed E-state index contributed by atoms with van der Waals surface area (Å²) < 4.78 is 0.706. The Morgan fingerprint density at radius 3 is 2.77 bits per heavy atom. The second-order valence-corrected chi connectivity index (χ2v) is 9.67. The molecular weight excluding hydrogens is 420 g/mol. The van der Waals surface area contributed by atoms with Gasteiger partial charge in [-0.15, -0.1) is 11.3 Å². The van der Waals surface area contributed by atoms with Gasteiger partial charge in [0.2, 0.25) is 5.91 Å². The van der Waals surface area contributed by atoms with Crippen molar-refractivity contribution in [3.8, 4) is 0 Å². The summed E-state index contributed by atoms with van der Waals surface area (Å²) in [4.78, 5) is 29.3. The molecule has 1 aromatic heterocycles. The van der Waals surface area contributed by atoms with Crippen molar-refractivity contribution in [3.63, 3.8) is 0 Å². The highest BCUT2D eigenvalue weighted by atomic mass is 32.2. The first-order valence-corrected chi connectivity index (χ1v) is 12.2.